The SMILES string of the molecule is C=CCNc1cc(C)nc(Nc2cc(C(=O)OC)ccc2Cl)n1. The van der Waals surface area contributed by atoms with Gasteiger partial charge in [0, 0.05) is 18.3 Å². The minimum absolute atomic E-state index is 0.375. The van der Waals surface area contributed by atoms with Crippen molar-refractivity contribution < 1.29 is 9.53 Å². The lowest BCUT2D eigenvalue weighted by Crippen LogP contribution is -2.06. The Morgan fingerprint density at radius 2 is 2.17 bits per heavy atom. The zero-order chi connectivity index (χ0) is 16.8. The van der Waals surface area contributed by atoms with Crippen molar-refractivity contribution in [1.29, 1.82) is 0 Å². The third-order valence-electron chi connectivity index (χ3n) is 2.92. The Balaban J connectivity index is 2.29. The fourth-order valence-electron chi connectivity index (χ4n) is 1.88. The van der Waals surface area contributed by atoms with Gasteiger partial charge >= 0.3 is 5.97 Å². The van der Waals surface area contributed by atoms with Crippen molar-refractivity contribution in [2.75, 3.05) is 24.3 Å². The van der Waals surface area contributed by atoms with Crippen LogP contribution < -0.4 is 10.6 Å². The van der Waals surface area contributed by atoms with Crippen molar-refractivity contribution in [2.45, 2.75) is 6.92 Å². The number of hydrogen-bond donors (Lipinski definition) is 2. The molecule has 6 nitrogen and oxygen atoms in total. The molecule has 0 aliphatic heterocycles. The minimum Gasteiger partial charge on any atom is -0.465 e. The Morgan fingerprint density at radius 3 is 2.87 bits per heavy atom. The average molecular weight is 333 g/mol. The van der Waals surface area contributed by atoms with Crippen molar-refractivity contribution in [3.05, 3.63) is 53.2 Å². The van der Waals surface area contributed by atoms with E-state index in [2.05, 4.69) is 27.2 Å². The van der Waals surface area contributed by atoms with Crippen LogP contribution in [0.15, 0.2) is 36.9 Å². The minimum atomic E-state index is -0.441. The standard InChI is InChI=1S/C16H17ClN4O2/c1-4-7-18-14-8-10(2)19-16(21-14)20-13-9-11(15(22)23-3)5-6-12(13)17/h4-6,8-9H,1,7H2,2-3H3,(H2,18,19,20,21). The summed E-state index contributed by atoms with van der Waals surface area (Å²) in [6.07, 6.45) is 1.74. The number of methoxy groups -OCH3 is 1. The number of halogens is 1. The highest BCUT2D eigenvalue weighted by Gasteiger charge is 2.10. The molecule has 0 fully saturated rings. The van der Waals surface area contributed by atoms with Gasteiger partial charge < -0.3 is 15.4 Å². The van der Waals surface area contributed by atoms with E-state index in [1.165, 1.54) is 7.11 Å². The van der Waals surface area contributed by atoms with Crippen LogP contribution in [0, 0.1) is 6.92 Å². The first-order valence-corrected chi connectivity index (χ1v) is 7.26. The van der Waals surface area contributed by atoms with E-state index in [4.69, 9.17) is 16.3 Å². The predicted molar refractivity (Wildman–Crippen MR) is 91.5 cm³/mol. The molecule has 1 heterocycles. The fourth-order valence-corrected chi connectivity index (χ4v) is 2.04. The molecule has 0 atom stereocenters. The van der Waals surface area contributed by atoms with Crippen molar-refractivity contribution >= 4 is 35.0 Å². The molecule has 0 saturated heterocycles. The second-order valence-corrected chi connectivity index (χ2v) is 5.11. The third kappa shape index (κ3) is 4.43. The maximum atomic E-state index is 11.6. The molecule has 0 aliphatic carbocycles. The summed E-state index contributed by atoms with van der Waals surface area (Å²) in [5, 5.41) is 6.57. The average Bonchev–Trinajstić information content (AvgIpc) is 2.53. The zero-order valence-electron chi connectivity index (χ0n) is 12.9. The second-order valence-electron chi connectivity index (χ2n) is 4.70. The van der Waals surface area contributed by atoms with Crippen LogP contribution in [0.5, 0.6) is 0 Å². The smallest absolute Gasteiger partial charge is 0.337 e. The molecule has 1 aromatic heterocycles. The van der Waals surface area contributed by atoms with Gasteiger partial charge in [0.15, 0.2) is 0 Å². The van der Waals surface area contributed by atoms with Crippen molar-refractivity contribution in [3.8, 4) is 0 Å². The predicted octanol–water partition coefficient (Wildman–Crippen LogP) is 3.57. The van der Waals surface area contributed by atoms with Gasteiger partial charge in [0.2, 0.25) is 5.95 Å². The van der Waals surface area contributed by atoms with Gasteiger partial charge in [-0.05, 0) is 25.1 Å². The van der Waals surface area contributed by atoms with E-state index in [1.807, 2.05) is 13.0 Å². The number of esters is 1. The van der Waals surface area contributed by atoms with Gasteiger partial charge in [-0.1, -0.05) is 17.7 Å². The first-order chi connectivity index (χ1) is 11.0. The van der Waals surface area contributed by atoms with E-state index < -0.39 is 5.97 Å². The van der Waals surface area contributed by atoms with Crippen molar-refractivity contribution in [3.63, 3.8) is 0 Å². The van der Waals surface area contributed by atoms with Gasteiger partial charge in [-0.3, -0.25) is 0 Å². The molecule has 1 aromatic carbocycles. The number of nitrogens with one attached hydrogen (secondary N) is 2. The maximum Gasteiger partial charge on any atom is 0.337 e. The van der Waals surface area contributed by atoms with E-state index in [0.29, 0.717) is 34.6 Å². The summed E-state index contributed by atoms with van der Waals surface area (Å²) in [5.41, 5.74) is 1.70. The second kappa shape index (κ2) is 7.60. The van der Waals surface area contributed by atoms with E-state index in [0.717, 1.165) is 5.69 Å². The lowest BCUT2D eigenvalue weighted by Gasteiger charge is -2.11. The third-order valence-corrected chi connectivity index (χ3v) is 3.25. The highest BCUT2D eigenvalue weighted by atomic mass is 35.5. The van der Waals surface area contributed by atoms with Crippen LogP contribution in [-0.2, 0) is 4.74 Å². The van der Waals surface area contributed by atoms with E-state index in [-0.39, 0.29) is 0 Å². The van der Waals surface area contributed by atoms with Gasteiger partial charge in [0.25, 0.3) is 0 Å². The van der Waals surface area contributed by atoms with Crippen LogP contribution in [0.2, 0.25) is 5.02 Å². The normalized spacial score (nSPS) is 10.0. The maximum absolute atomic E-state index is 11.6. The molecule has 0 bridgehead atoms. The molecule has 0 aliphatic rings. The monoisotopic (exact) mass is 332 g/mol. The first kappa shape index (κ1) is 16.8. The molecular weight excluding hydrogens is 316 g/mol. The number of carbonyl (C=O) groups excluding carboxylic acids is 1. The number of carbonyl (C=O) groups is 1. The molecule has 23 heavy (non-hydrogen) atoms. The number of hydrogen-bond acceptors (Lipinski definition) is 6. The highest BCUT2D eigenvalue weighted by molar-refractivity contribution is 6.33. The highest BCUT2D eigenvalue weighted by Crippen LogP contribution is 2.26. The van der Waals surface area contributed by atoms with Crippen molar-refractivity contribution in [2.24, 2.45) is 0 Å². The van der Waals surface area contributed by atoms with E-state index in [1.54, 1.807) is 24.3 Å². The number of rotatable bonds is 6. The summed E-state index contributed by atoms with van der Waals surface area (Å²) in [6.45, 7) is 6.10. The lowest BCUT2D eigenvalue weighted by atomic mass is 10.2. The summed E-state index contributed by atoms with van der Waals surface area (Å²) in [5.74, 6) is 0.601. The molecule has 120 valence electrons. The Labute approximate surface area is 139 Å². The summed E-state index contributed by atoms with van der Waals surface area (Å²) < 4.78 is 4.70. The molecule has 0 spiro atoms. The van der Waals surface area contributed by atoms with Crippen LogP contribution in [-0.4, -0.2) is 29.6 Å². The van der Waals surface area contributed by atoms with E-state index in [9.17, 15) is 4.79 Å². The molecule has 2 rings (SSSR count). The lowest BCUT2D eigenvalue weighted by molar-refractivity contribution is 0.0601. The molecule has 0 amide bonds. The first-order valence-electron chi connectivity index (χ1n) is 6.89. The van der Waals surface area contributed by atoms with Gasteiger partial charge in [-0.15, -0.1) is 6.58 Å². The quantitative estimate of drug-likeness (QED) is 0.622. The van der Waals surface area contributed by atoms with Crippen LogP contribution in [0.3, 0.4) is 0 Å². The topological polar surface area (TPSA) is 76.1 Å². The number of nitrogens with zero attached hydrogens (tertiary/aromatic N) is 2. The number of aryl methyl sites for hydroxylation is 1. The van der Waals surface area contributed by atoms with Crippen LogP contribution in [0.25, 0.3) is 0 Å². The van der Waals surface area contributed by atoms with Gasteiger partial charge in [-0.25, -0.2) is 9.78 Å². The Morgan fingerprint density at radius 1 is 1.39 bits per heavy atom. The molecule has 2 aromatic rings. The summed E-state index contributed by atoms with van der Waals surface area (Å²) in [4.78, 5) is 20.3. The Kier molecular flexibility index (Phi) is 5.54. The number of anilines is 3. The molecule has 0 radical (unpaired) electrons. The number of ether oxygens (including phenoxy) is 1. The summed E-state index contributed by atoms with van der Waals surface area (Å²) >= 11 is 6.16. The molecule has 0 saturated carbocycles. The van der Waals surface area contributed by atoms with Crippen LogP contribution in [0.1, 0.15) is 16.1 Å². The molecular formula is C16H17ClN4O2. The number of benzene rings is 1. The van der Waals surface area contributed by atoms with Crippen LogP contribution in [0.4, 0.5) is 17.5 Å². The molecule has 0 unspecified atom stereocenters. The Bertz CT molecular complexity index is 734. The van der Waals surface area contributed by atoms with Crippen LogP contribution >= 0.6 is 11.6 Å². The molecule has 2 N–H and O–H groups in total. The van der Waals surface area contributed by atoms with Crippen molar-refractivity contribution in [1.82, 2.24) is 9.97 Å². The summed E-state index contributed by atoms with van der Waals surface area (Å²) in [6, 6.07) is 6.62. The number of aromatic nitrogens is 2. The van der Waals surface area contributed by atoms with Gasteiger partial charge in [0.1, 0.15) is 5.82 Å². The fraction of sp³-hybridized carbons (Fsp3) is 0.188. The Hall–Kier alpha value is -2.60. The van der Waals surface area contributed by atoms with E-state index >= 15 is 0 Å². The van der Waals surface area contributed by atoms with Gasteiger partial charge in [0.05, 0.1) is 23.4 Å². The zero-order valence-corrected chi connectivity index (χ0v) is 13.6. The largest absolute Gasteiger partial charge is 0.465 e. The summed E-state index contributed by atoms with van der Waals surface area (Å²) in [7, 11) is 1.32. The van der Waals surface area contributed by atoms with Gasteiger partial charge in [-0.2, -0.15) is 4.98 Å². The molecule has 7 heteroatoms.